The van der Waals surface area contributed by atoms with E-state index in [0.29, 0.717) is 17.5 Å². The van der Waals surface area contributed by atoms with Crippen LogP contribution in [-0.2, 0) is 6.42 Å². The Kier molecular flexibility index (Phi) is 4.23. The van der Waals surface area contributed by atoms with Crippen LogP contribution in [0.15, 0.2) is 29.8 Å². The lowest BCUT2D eigenvalue weighted by Crippen LogP contribution is -2.18. The largest absolute Gasteiger partial charge is 0.355 e. The van der Waals surface area contributed by atoms with E-state index in [2.05, 4.69) is 5.32 Å². The highest BCUT2D eigenvalue weighted by Gasteiger charge is 2.08. The zero-order valence-corrected chi connectivity index (χ0v) is 9.80. The van der Waals surface area contributed by atoms with Crippen molar-refractivity contribution in [2.75, 3.05) is 7.05 Å². The number of rotatable bonds is 3. The quantitative estimate of drug-likeness (QED) is 0.781. The fourth-order valence-corrected chi connectivity index (χ4v) is 1.40. The average Bonchev–Trinajstić information content (AvgIpc) is 2.30. The van der Waals surface area contributed by atoms with Crippen molar-refractivity contribution in [3.8, 4) is 0 Å². The van der Waals surface area contributed by atoms with Crippen LogP contribution in [0.3, 0.4) is 0 Å². The molecule has 0 unspecified atom stereocenters. The first-order chi connectivity index (χ1) is 7.58. The second kappa shape index (κ2) is 5.45. The first kappa shape index (κ1) is 12.4. The van der Waals surface area contributed by atoms with Crippen LogP contribution in [0.25, 0.3) is 0 Å². The molecule has 3 heteroatoms. The number of carbonyl (C=O) groups is 1. The fraction of sp³-hybridized carbons (Fsp3) is 0.308. The minimum absolute atomic E-state index is 0.195. The van der Waals surface area contributed by atoms with Gasteiger partial charge in [0.1, 0.15) is 5.82 Å². The van der Waals surface area contributed by atoms with Crippen LogP contribution in [0.2, 0.25) is 0 Å². The molecule has 0 radical (unpaired) electrons. The van der Waals surface area contributed by atoms with E-state index in [9.17, 15) is 9.18 Å². The van der Waals surface area contributed by atoms with Gasteiger partial charge in [-0.15, -0.1) is 0 Å². The molecule has 1 aromatic carbocycles. The number of halogens is 1. The van der Waals surface area contributed by atoms with Gasteiger partial charge in [-0.1, -0.05) is 11.6 Å². The molecule has 0 aliphatic carbocycles. The van der Waals surface area contributed by atoms with Crippen molar-refractivity contribution in [1.29, 1.82) is 0 Å². The van der Waals surface area contributed by atoms with Gasteiger partial charge in [-0.3, -0.25) is 4.79 Å². The highest BCUT2D eigenvalue weighted by atomic mass is 19.1. The summed E-state index contributed by atoms with van der Waals surface area (Å²) in [5.41, 5.74) is 2.12. The lowest BCUT2D eigenvalue weighted by molar-refractivity contribution is 0.0963. The summed E-state index contributed by atoms with van der Waals surface area (Å²) >= 11 is 0. The van der Waals surface area contributed by atoms with E-state index < -0.39 is 0 Å². The number of nitrogens with one attached hydrogen (secondary N) is 1. The monoisotopic (exact) mass is 221 g/mol. The topological polar surface area (TPSA) is 29.1 Å². The summed E-state index contributed by atoms with van der Waals surface area (Å²) in [4.78, 5) is 11.4. The maximum atomic E-state index is 13.5. The molecule has 1 rings (SSSR count). The van der Waals surface area contributed by atoms with E-state index in [1.165, 1.54) is 12.1 Å². The molecule has 0 fully saturated rings. The van der Waals surface area contributed by atoms with Crippen molar-refractivity contribution >= 4 is 5.91 Å². The van der Waals surface area contributed by atoms with Crippen LogP contribution < -0.4 is 5.32 Å². The molecule has 1 N–H and O–H groups in total. The number of amides is 1. The molecule has 0 spiro atoms. The number of hydrogen-bond donors (Lipinski definition) is 1. The zero-order chi connectivity index (χ0) is 12.1. The second-order valence-corrected chi connectivity index (χ2v) is 3.70. The Labute approximate surface area is 95.2 Å². The van der Waals surface area contributed by atoms with Gasteiger partial charge in [0, 0.05) is 12.6 Å². The first-order valence-corrected chi connectivity index (χ1v) is 5.20. The third kappa shape index (κ3) is 2.92. The van der Waals surface area contributed by atoms with Crippen LogP contribution in [0.5, 0.6) is 0 Å². The normalized spacial score (nSPS) is 11.4. The molecule has 0 aliphatic rings. The number of carbonyl (C=O) groups excluding carboxylic acids is 1. The molecule has 0 bridgehead atoms. The molecule has 0 aliphatic heterocycles. The lowest BCUT2D eigenvalue weighted by Gasteiger charge is -2.06. The van der Waals surface area contributed by atoms with Crippen LogP contribution in [0.1, 0.15) is 29.8 Å². The molecule has 1 amide bonds. The zero-order valence-electron chi connectivity index (χ0n) is 9.80. The standard InChI is InChI=1S/C13H16FNO/c1-4-9(2)7-11-8-10(13(16)15-3)5-6-12(11)14/h4-6,8H,7H2,1-3H3,(H,15,16)/b9-4+. The van der Waals surface area contributed by atoms with Gasteiger partial charge in [-0.2, -0.15) is 0 Å². The molecule has 0 aromatic heterocycles. The van der Waals surface area contributed by atoms with Gasteiger partial charge in [0.25, 0.3) is 5.91 Å². The molecule has 1 aromatic rings. The van der Waals surface area contributed by atoms with Gasteiger partial charge in [-0.25, -0.2) is 4.39 Å². The molecule has 0 atom stereocenters. The molecular formula is C13H16FNO. The minimum Gasteiger partial charge on any atom is -0.355 e. The van der Waals surface area contributed by atoms with Gasteiger partial charge in [0.15, 0.2) is 0 Å². The Hall–Kier alpha value is -1.64. The van der Waals surface area contributed by atoms with Gasteiger partial charge in [-0.05, 0) is 44.0 Å². The first-order valence-electron chi connectivity index (χ1n) is 5.20. The van der Waals surface area contributed by atoms with Gasteiger partial charge >= 0.3 is 0 Å². The van der Waals surface area contributed by atoms with Gasteiger partial charge in [0.2, 0.25) is 0 Å². The molecular weight excluding hydrogens is 205 g/mol. The van der Waals surface area contributed by atoms with E-state index in [1.807, 2.05) is 19.9 Å². The van der Waals surface area contributed by atoms with Crippen LogP contribution >= 0.6 is 0 Å². The van der Waals surface area contributed by atoms with E-state index in [4.69, 9.17) is 0 Å². The van der Waals surface area contributed by atoms with Crippen LogP contribution in [0, 0.1) is 5.82 Å². The van der Waals surface area contributed by atoms with Crippen molar-refractivity contribution in [3.05, 3.63) is 46.8 Å². The van der Waals surface area contributed by atoms with E-state index in [1.54, 1.807) is 13.1 Å². The summed E-state index contributed by atoms with van der Waals surface area (Å²) in [5.74, 6) is -0.465. The Morgan fingerprint density at radius 3 is 2.75 bits per heavy atom. The lowest BCUT2D eigenvalue weighted by atomic mass is 10.0. The maximum Gasteiger partial charge on any atom is 0.251 e. The molecule has 0 saturated heterocycles. The van der Waals surface area contributed by atoms with Crippen molar-refractivity contribution in [2.24, 2.45) is 0 Å². The third-order valence-corrected chi connectivity index (χ3v) is 2.50. The van der Waals surface area contributed by atoms with Crippen molar-refractivity contribution in [2.45, 2.75) is 20.3 Å². The molecule has 16 heavy (non-hydrogen) atoms. The van der Waals surface area contributed by atoms with Crippen molar-refractivity contribution < 1.29 is 9.18 Å². The predicted octanol–water partition coefficient (Wildman–Crippen LogP) is 2.69. The predicted molar refractivity (Wildman–Crippen MR) is 62.9 cm³/mol. The number of benzene rings is 1. The van der Waals surface area contributed by atoms with E-state index in [0.717, 1.165) is 5.57 Å². The highest BCUT2D eigenvalue weighted by molar-refractivity contribution is 5.94. The SMILES string of the molecule is C/C=C(\C)Cc1cc(C(=O)NC)ccc1F. The Morgan fingerprint density at radius 2 is 2.19 bits per heavy atom. The molecule has 0 heterocycles. The van der Waals surface area contributed by atoms with Crippen molar-refractivity contribution in [1.82, 2.24) is 5.32 Å². The van der Waals surface area contributed by atoms with Crippen LogP contribution in [-0.4, -0.2) is 13.0 Å². The summed E-state index contributed by atoms with van der Waals surface area (Å²) in [7, 11) is 1.56. The summed E-state index contributed by atoms with van der Waals surface area (Å²) < 4.78 is 13.5. The average molecular weight is 221 g/mol. The third-order valence-electron chi connectivity index (χ3n) is 2.50. The molecule has 0 saturated carbocycles. The van der Waals surface area contributed by atoms with Gasteiger partial charge < -0.3 is 5.32 Å². The smallest absolute Gasteiger partial charge is 0.251 e. The van der Waals surface area contributed by atoms with Crippen LogP contribution in [0.4, 0.5) is 4.39 Å². The minimum atomic E-state index is -0.270. The molecule has 86 valence electrons. The maximum absolute atomic E-state index is 13.5. The summed E-state index contributed by atoms with van der Waals surface area (Å²) in [6.45, 7) is 3.85. The highest BCUT2D eigenvalue weighted by Crippen LogP contribution is 2.14. The van der Waals surface area contributed by atoms with E-state index >= 15 is 0 Å². The number of hydrogen-bond acceptors (Lipinski definition) is 1. The number of allylic oxidation sites excluding steroid dienone is 2. The summed E-state index contributed by atoms with van der Waals surface area (Å²) in [5, 5.41) is 2.52. The van der Waals surface area contributed by atoms with E-state index in [-0.39, 0.29) is 11.7 Å². The molecule has 2 nitrogen and oxygen atoms in total. The fourth-order valence-electron chi connectivity index (χ4n) is 1.40. The summed E-state index contributed by atoms with van der Waals surface area (Å²) in [6.07, 6.45) is 2.47. The second-order valence-electron chi connectivity index (χ2n) is 3.70. The Balaban J connectivity index is 3.04. The Bertz CT molecular complexity index is 424. The Morgan fingerprint density at radius 1 is 1.50 bits per heavy atom. The van der Waals surface area contributed by atoms with Crippen molar-refractivity contribution in [3.63, 3.8) is 0 Å². The van der Waals surface area contributed by atoms with Gasteiger partial charge in [0.05, 0.1) is 0 Å². The summed E-state index contributed by atoms with van der Waals surface area (Å²) in [6, 6.07) is 4.42.